The van der Waals surface area contributed by atoms with Gasteiger partial charge in [-0.15, -0.1) is 0 Å². The molecule has 0 spiro atoms. The molecule has 0 fully saturated rings. The van der Waals surface area contributed by atoms with E-state index in [1.54, 1.807) is 6.20 Å². The van der Waals surface area contributed by atoms with E-state index < -0.39 is 0 Å². The molecule has 3 N–H and O–H groups in total. The van der Waals surface area contributed by atoms with E-state index in [1.165, 1.54) is 0 Å². The van der Waals surface area contributed by atoms with Crippen molar-refractivity contribution in [3.63, 3.8) is 0 Å². The molecule has 1 aromatic rings. The maximum atomic E-state index is 5.59. The fraction of sp³-hybridized carbons (Fsp3) is 0.545. The van der Waals surface area contributed by atoms with Crippen LogP contribution in [-0.4, -0.2) is 11.0 Å². The van der Waals surface area contributed by atoms with Gasteiger partial charge in [0.05, 0.1) is 0 Å². The average Bonchev–Trinajstić information content (AvgIpc) is 2.02. The number of rotatable bonds is 2. The molecule has 1 atom stereocenters. The van der Waals surface area contributed by atoms with Gasteiger partial charge in [0, 0.05) is 24.0 Å². The zero-order valence-corrected chi connectivity index (χ0v) is 9.33. The first-order valence-corrected chi connectivity index (χ1v) is 4.87. The van der Waals surface area contributed by atoms with Crippen LogP contribution in [0, 0.1) is 5.41 Å². The Labute approximate surface area is 85.7 Å². The van der Waals surface area contributed by atoms with Crippen molar-refractivity contribution in [3.05, 3.63) is 18.3 Å². The normalized spacial score (nSPS) is 13.7. The highest BCUT2D eigenvalue weighted by Gasteiger charge is 2.19. The molecule has 0 amide bonds. The molecule has 0 bridgehead atoms. The standard InChI is InChI=1S/C11H19N3/c1-8(11(2,3)4)14-9-5-6-13-10(12)7-9/h5-8H,1-4H3,(H3,12,13,14). The summed E-state index contributed by atoms with van der Waals surface area (Å²) >= 11 is 0. The van der Waals surface area contributed by atoms with Gasteiger partial charge in [0.25, 0.3) is 0 Å². The smallest absolute Gasteiger partial charge is 0.125 e. The summed E-state index contributed by atoms with van der Waals surface area (Å²) in [6.07, 6.45) is 1.72. The molecule has 14 heavy (non-hydrogen) atoms. The first-order chi connectivity index (χ1) is 6.39. The Morgan fingerprint density at radius 3 is 2.57 bits per heavy atom. The second kappa shape index (κ2) is 3.86. The predicted molar refractivity (Wildman–Crippen MR) is 61.2 cm³/mol. The maximum Gasteiger partial charge on any atom is 0.125 e. The lowest BCUT2D eigenvalue weighted by molar-refractivity contribution is 0.359. The molecule has 1 heterocycles. The van der Waals surface area contributed by atoms with Crippen LogP contribution in [0.25, 0.3) is 0 Å². The van der Waals surface area contributed by atoms with Crippen LogP contribution in [0.4, 0.5) is 11.5 Å². The van der Waals surface area contributed by atoms with Gasteiger partial charge in [0.15, 0.2) is 0 Å². The van der Waals surface area contributed by atoms with Gasteiger partial charge in [-0.3, -0.25) is 0 Å². The molecule has 0 saturated carbocycles. The van der Waals surface area contributed by atoms with Crippen LogP contribution in [0.15, 0.2) is 18.3 Å². The Kier molecular flexibility index (Phi) is 2.99. The van der Waals surface area contributed by atoms with Gasteiger partial charge >= 0.3 is 0 Å². The predicted octanol–water partition coefficient (Wildman–Crippen LogP) is 2.51. The third-order valence-electron chi connectivity index (χ3n) is 2.46. The number of nitrogens with one attached hydrogen (secondary N) is 1. The topological polar surface area (TPSA) is 50.9 Å². The number of anilines is 2. The summed E-state index contributed by atoms with van der Waals surface area (Å²) in [7, 11) is 0. The van der Waals surface area contributed by atoms with Crippen LogP contribution >= 0.6 is 0 Å². The van der Waals surface area contributed by atoms with Gasteiger partial charge in [0.1, 0.15) is 5.82 Å². The van der Waals surface area contributed by atoms with Crippen molar-refractivity contribution in [3.8, 4) is 0 Å². The summed E-state index contributed by atoms with van der Waals surface area (Å²) in [4.78, 5) is 3.95. The van der Waals surface area contributed by atoms with E-state index >= 15 is 0 Å². The van der Waals surface area contributed by atoms with Crippen LogP contribution in [0.1, 0.15) is 27.7 Å². The highest BCUT2D eigenvalue weighted by atomic mass is 14.9. The molecule has 1 rings (SSSR count). The van der Waals surface area contributed by atoms with E-state index in [2.05, 4.69) is 38.0 Å². The molecule has 0 aromatic carbocycles. The third-order valence-corrected chi connectivity index (χ3v) is 2.46. The summed E-state index contributed by atoms with van der Waals surface area (Å²) < 4.78 is 0. The molecule has 3 heteroatoms. The zero-order valence-electron chi connectivity index (χ0n) is 9.33. The number of pyridine rings is 1. The zero-order chi connectivity index (χ0) is 10.8. The minimum Gasteiger partial charge on any atom is -0.384 e. The minimum absolute atomic E-state index is 0.234. The van der Waals surface area contributed by atoms with Gasteiger partial charge < -0.3 is 11.1 Å². The lowest BCUT2D eigenvalue weighted by Gasteiger charge is -2.29. The van der Waals surface area contributed by atoms with Crippen molar-refractivity contribution in [2.75, 3.05) is 11.1 Å². The van der Waals surface area contributed by atoms with Gasteiger partial charge in [-0.2, -0.15) is 0 Å². The molecule has 1 aromatic heterocycles. The molecule has 0 aliphatic heterocycles. The Bertz CT molecular complexity index is 302. The van der Waals surface area contributed by atoms with E-state index in [4.69, 9.17) is 5.73 Å². The van der Waals surface area contributed by atoms with Crippen molar-refractivity contribution < 1.29 is 0 Å². The summed E-state index contributed by atoms with van der Waals surface area (Å²) in [6.45, 7) is 8.77. The second-order valence-corrected chi connectivity index (χ2v) is 4.70. The van der Waals surface area contributed by atoms with Crippen LogP contribution in [0.3, 0.4) is 0 Å². The largest absolute Gasteiger partial charge is 0.384 e. The van der Waals surface area contributed by atoms with Crippen LogP contribution in [0.5, 0.6) is 0 Å². The van der Waals surface area contributed by atoms with Crippen LogP contribution in [-0.2, 0) is 0 Å². The number of nitrogens with two attached hydrogens (primary N) is 1. The number of hydrogen-bond donors (Lipinski definition) is 2. The minimum atomic E-state index is 0.234. The van der Waals surface area contributed by atoms with Crippen molar-refractivity contribution in [2.24, 2.45) is 5.41 Å². The van der Waals surface area contributed by atoms with Crippen LogP contribution < -0.4 is 11.1 Å². The summed E-state index contributed by atoms with van der Waals surface area (Å²) in [6, 6.07) is 4.17. The van der Waals surface area contributed by atoms with Gasteiger partial charge in [0.2, 0.25) is 0 Å². The monoisotopic (exact) mass is 193 g/mol. The first-order valence-electron chi connectivity index (χ1n) is 4.87. The summed E-state index contributed by atoms with van der Waals surface area (Å²) in [5, 5.41) is 3.40. The van der Waals surface area contributed by atoms with E-state index in [1.807, 2.05) is 12.1 Å². The number of aromatic nitrogens is 1. The van der Waals surface area contributed by atoms with Crippen molar-refractivity contribution in [1.29, 1.82) is 0 Å². The SMILES string of the molecule is CC(Nc1ccnc(N)c1)C(C)(C)C. The lowest BCUT2D eigenvalue weighted by atomic mass is 9.88. The molecule has 78 valence electrons. The molecule has 0 radical (unpaired) electrons. The number of hydrogen-bond acceptors (Lipinski definition) is 3. The first kappa shape index (κ1) is 10.8. The summed E-state index contributed by atoms with van der Waals surface area (Å²) in [5.41, 5.74) is 6.85. The van der Waals surface area contributed by atoms with Gasteiger partial charge in [-0.25, -0.2) is 4.98 Å². The average molecular weight is 193 g/mol. The highest BCUT2D eigenvalue weighted by molar-refractivity contribution is 5.50. The molecule has 0 saturated heterocycles. The number of nitrogen functional groups attached to an aromatic ring is 1. The Balaban J connectivity index is 2.70. The number of nitrogens with zero attached hydrogens (tertiary/aromatic N) is 1. The Hall–Kier alpha value is -1.25. The molecular formula is C11H19N3. The van der Waals surface area contributed by atoms with E-state index in [0.717, 1.165) is 5.69 Å². The fourth-order valence-corrected chi connectivity index (χ4v) is 1.00. The highest BCUT2D eigenvalue weighted by Crippen LogP contribution is 2.22. The second-order valence-electron chi connectivity index (χ2n) is 4.70. The van der Waals surface area contributed by atoms with Crippen molar-refractivity contribution in [2.45, 2.75) is 33.7 Å². The maximum absolute atomic E-state index is 5.59. The van der Waals surface area contributed by atoms with E-state index in [0.29, 0.717) is 11.9 Å². The quantitative estimate of drug-likeness (QED) is 0.758. The van der Waals surface area contributed by atoms with Crippen molar-refractivity contribution in [1.82, 2.24) is 4.98 Å². The van der Waals surface area contributed by atoms with Gasteiger partial charge in [-0.1, -0.05) is 20.8 Å². The molecule has 0 aliphatic carbocycles. The Morgan fingerprint density at radius 1 is 1.43 bits per heavy atom. The van der Waals surface area contributed by atoms with Crippen molar-refractivity contribution >= 4 is 11.5 Å². The molecule has 3 nitrogen and oxygen atoms in total. The molecular weight excluding hydrogens is 174 g/mol. The third kappa shape index (κ3) is 2.91. The fourth-order valence-electron chi connectivity index (χ4n) is 1.00. The summed E-state index contributed by atoms with van der Waals surface area (Å²) in [5.74, 6) is 0.552. The van der Waals surface area contributed by atoms with Crippen LogP contribution in [0.2, 0.25) is 0 Å². The Morgan fingerprint density at radius 2 is 2.07 bits per heavy atom. The van der Waals surface area contributed by atoms with Gasteiger partial charge in [-0.05, 0) is 18.4 Å². The lowest BCUT2D eigenvalue weighted by Crippen LogP contribution is -2.30. The van der Waals surface area contributed by atoms with E-state index in [9.17, 15) is 0 Å². The molecule has 1 unspecified atom stereocenters. The molecule has 0 aliphatic rings. The van der Waals surface area contributed by atoms with E-state index in [-0.39, 0.29) is 5.41 Å².